The molecule has 4 nitrogen and oxygen atoms in total. The summed E-state index contributed by atoms with van der Waals surface area (Å²) < 4.78 is 5.34. The van der Waals surface area contributed by atoms with Crippen molar-refractivity contribution in [1.29, 1.82) is 0 Å². The molecule has 0 saturated carbocycles. The molecule has 11 aromatic carbocycles. The molecule has 0 saturated heterocycles. The third-order valence-electron chi connectivity index (χ3n) is 20.3. The van der Waals surface area contributed by atoms with E-state index in [1.54, 1.807) is 0 Å². The Hall–Kier alpha value is -9.25. The van der Waals surface area contributed by atoms with Crippen molar-refractivity contribution in [2.45, 2.75) is 105 Å². The Morgan fingerprint density at radius 2 is 0.625 bits per heavy atom. The van der Waals surface area contributed by atoms with Gasteiger partial charge in [0, 0.05) is 78.1 Å². The van der Waals surface area contributed by atoms with E-state index in [1.165, 1.54) is 166 Å². The van der Waals surface area contributed by atoms with E-state index in [0.717, 1.165) is 0 Å². The summed E-state index contributed by atoms with van der Waals surface area (Å²) in [6, 6.07) is 85.2. The molecule has 0 amide bonds. The highest BCUT2D eigenvalue weighted by molar-refractivity contribution is 7.01. The molecule has 0 unspecified atom stereocenters. The van der Waals surface area contributed by atoms with Crippen LogP contribution in [0.4, 0.5) is 34.1 Å². The third kappa shape index (κ3) is 7.60. The lowest BCUT2D eigenvalue weighted by Gasteiger charge is -2.41. The van der Waals surface area contributed by atoms with Crippen molar-refractivity contribution in [3.05, 3.63) is 241 Å². The fourth-order valence-electron chi connectivity index (χ4n) is 15.7. The second kappa shape index (κ2) is 18.2. The Morgan fingerprint density at radius 3 is 1.00 bits per heavy atom. The van der Waals surface area contributed by atoms with Crippen molar-refractivity contribution in [2.75, 3.05) is 9.80 Å². The summed E-state index contributed by atoms with van der Waals surface area (Å²) in [6.45, 7) is 27.9. The minimum Gasteiger partial charge on any atom is -0.311 e. The van der Waals surface area contributed by atoms with Gasteiger partial charge in [-0.1, -0.05) is 217 Å². The van der Waals surface area contributed by atoms with Crippen LogP contribution in [0.3, 0.4) is 0 Å². The largest absolute Gasteiger partial charge is 0.311 e. The van der Waals surface area contributed by atoms with Crippen LogP contribution in [-0.4, -0.2) is 22.6 Å². The zero-order valence-electron chi connectivity index (χ0n) is 52.7. The average molecular weight is 1140 g/mol. The summed E-state index contributed by atoms with van der Waals surface area (Å²) >= 11 is 0. The Labute approximate surface area is 518 Å². The molecule has 0 atom stereocenters. The lowest BCUT2D eigenvalue weighted by Crippen LogP contribution is -2.60. The van der Waals surface area contributed by atoms with Crippen molar-refractivity contribution in [3.63, 3.8) is 0 Å². The van der Waals surface area contributed by atoms with E-state index in [0.29, 0.717) is 0 Å². The van der Waals surface area contributed by atoms with E-state index in [2.05, 4.69) is 320 Å². The van der Waals surface area contributed by atoms with Crippen LogP contribution in [0, 0.1) is 0 Å². The first kappa shape index (κ1) is 53.0. The first-order valence-electron chi connectivity index (χ1n) is 31.8. The number of benzene rings is 11. The summed E-state index contributed by atoms with van der Waals surface area (Å²) in [7, 11) is 0. The number of rotatable bonds is 4. The maximum Gasteiger partial charge on any atom is 0.252 e. The first-order chi connectivity index (χ1) is 42.2. The van der Waals surface area contributed by atoms with E-state index >= 15 is 0 Å². The van der Waals surface area contributed by atoms with E-state index in [9.17, 15) is 0 Å². The standard InChI is InChI=1S/C82H72B2N4/c1-79(2,3)53-29-35-57(36-30-53)85-67-39-33-55(81(7,8)9)45-63(67)83-65-43-51(49-21-15-13-16-22-49)41-61-59-47-60-62-42-52(50-23-17-14-18-24-50)44-66-78(62)88(74(60)48-73(59)87(77(61)65)71-27-19-25-69(85)75(71)83)72-28-20-26-70-76(72)84(66)64-46-56(82(10,11)12)34-40-68(64)86(70)58-37-31-54(32-38-58)80(4,5)6/h13-48H,1-12H3. The number of nitrogens with zero attached hydrogens (tertiary/aromatic N) is 4. The quantitative estimate of drug-likeness (QED) is 0.163. The zero-order valence-corrected chi connectivity index (χ0v) is 52.7. The van der Waals surface area contributed by atoms with E-state index < -0.39 is 0 Å². The molecule has 0 bridgehead atoms. The molecular formula is C82H72B2N4. The minimum atomic E-state index is -0.0584. The van der Waals surface area contributed by atoms with Crippen LogP contribution in [0.1, 0.15) is 105 Å². The van der Waals surface area contributed by atoms with Gasteiger partial charge in [-0.2, -0.15) is 0 Å². The highest BCUT2D eigenvalue weighted by atomic mass is 15.2. The van der Waals surface area contributed by atoms with Gasteiger partial charge in [-0.15, -0.1) is 0 Å². The van der Waals surface area contributed by atoms with Crippen LogP contribution >= 0.6 is 0 Å². The minimum absolute atomic E-state index is 0.0238. The molecule has 17 rings (SSSR count). The third-order valence-corrected chi connectivity index (χ3v) is 20.3. The van der Waals surface area contributed by atoms with Crippen LogP contribution < -0.4 is 42.6 Å². The highest BCUT2D eigenvalue weighted by Crippen LogP contribution is 2.48. The molecule has 0 fully saturated rings. The molecule has 13 aromatic rings. The van der Waals surface area contributed by atoms with Crippen LogP contribution in [0.2, 0.25) is 0 Å². The van der Waals surface area contributed by atoms with Crippen molar-refractivity contribution in [3.8, 4) is 33.6 Å². The predicted octanol–water partition coefficient (Wildman–Crippen LogP) is 17.6. The van der Waals surface area contributed by atoms with Crippen LogP contribution in [-0.2, 0) is 21.7 Å². The second-order valence-corrected chi connectivity index (χ2v) is 29.8. The molecule has 6 heteroatoms. The molecule has 6 heterocycles. The average Bonchev–Trinajstić information content (AvgIpc) is 1.39. The van der Waals surface area contributed by atoms with Gasteiger partial charge in [0.15, 0.2) is 0 Å². The summed E-state index contributed by atoms with van der Waals surface area (Å²) in [4.78, 5) is 5.12. The lowest BCUT2D eigenvalue weighted by atomic mass is 9.33. The number of hydrogen-bond donors (Lipinski definition) is 0. The van der Waals surface area contributed by atoms with Gasteiger partial charge in [-0.25, -0.2) is 0 Å². The van der Waals surface area contributed by atoms with Gasteiger partial charge >= 0.3 is 0 Å². The molecule has 426 valence electrons. The summed E-state index contributed by atoms with van der Waals surface area (Å²) in [5.74, 6) is 0. The Kier molecular flexibility index (Phi) is 11.0. The van der Waals surface area contributed by atoms with Gasteiger partial charge in [0.2, 0.25) is 0 Å². The van der Waals surface area contributed by atoms with Gasteiger partial charge in [0.25, 0.3) is 13.4 Å². The first-order valence-corrected chi connectivity index (χ1v) is 31.8. The van der Waals surface area contributed by atoms with Crippen molar-refractivity contribution in [2.24, 2.45) is 0 Å². The number of anilines is 6. The summed E-state index contributed by atoms with van der Waals surface area (Å²) in [6.07, 6.45) is 0. The molecule has 2 aromatic heterocycles. The van der Waals surface area contributed by atoms with Gasteiger partial charge in [0.05, 0.1) is 11.0 Å². The van der Waals surface area contributed by atoms with Gasteiger partial charge in [-0.3, -0.25) is 0 Å². The molecule has 0 radical (unpaired) electrons. The predicted molar refractivity (Wildman–Crippen MR) is 379 cm³/mol. The Morgan fingerprint density at radius 1 is 0.261 bits per heavy atom. The van der Waals surface area contributed by atoms with E-state index in [4.69, 9.17) is 0 Å². The number of aromatic nitrogens is 2. The second-order valence-electron chi connectivity index (χ2n) is 29.8. The molecule has 88 heavy (non-hydrogen) atoms. The smallest absolute Gasteiger partial charge is 0.252 e. The fourth-order valence-corrected chi connectivity index (χ4v) is 15.7. The number of fused-ring (bicyclic) bond motifs is 14. The van der Waals surface area contributed by atoms with E-state index in [1.807, 2.05) is 0 Å². The van der Waals surface area contributed by atoms with Crippen LogP contribution in [0.15, 0.2) is 218 Å². The maximum absolute atomic E-state index is 2.67. The lowest BCUT2D eigenvalue weighted by molar-refractivity contribution is 0.590. The van der Waals surface area contributed by atoms with Crippen molar-refractivity contribution < 1.29 is 0 Å². The Balaban J connectivity index is 0.999. The molecule has 4 aliphatic rings. The molecule has 0 N–H and O–H groups in total. The molecule has 0 spiro atoms. The molecule has 4 aliphatic heterocycles. The van der Waals surface area contributed by atoms with Crippen molar-refractivity contribution in [1.82, 2.24) is 9.13 Å². The van der Waals surface area contributed by atoms with Gasteiger partial charge in [-0.05, 0) is 184 Å². The molecular weight excluding hydrogens is 1060 g/mol. The SMILES string of the molecule is CC(C)(C)c1ccc(N2c3ccc(C(C)(C)C)cc3B3c4c2cccc4-n2c4cc5c(cc4c4cc(-c6ccccc6)cc3c42)c2cc(-c3ccccc3)cc3c2n5-c2cccc4c2B3c2cc(C(C)(C)C)ccc2N4c2ccc(C(C)(C)C)cc2)cc1. The van der Waals surface area contributed by atoms with E-state index in [-0.39, 0.29) is 35.1 Å². The van der Waals surface area contributed by atoms with Crippen molar-refractivity contribution >= 4 is 124 Å². The van der Waals surface area contributed by atoms with Crippen LogP contribution in [0.25, 0.3) is 77.2 Å². The highest BCUT2D eigenvalue weighted by Gasteiger charge is 2.46. The van der Waals surface area contributed by atoms with Crippen LogP contribution in [0.5, 0.6) is 0 Å². The summed E-state index contributed by atoms with van der Waals surface area (Å²) in [5.41, 5.74) is 33.0. The monoisotopic (exact) mass is 1130 g/mol. The molecule has 0 aliphatic carbocycles. The normalized spacial score (nSPS) is 14.0. The fraction of sp³-hybridized carbons (Fsp3) is 0.195. The topological polar surface area (TPSA) is 16.3 Å². The zero-order chi connectivity index (χ0) is 60.2. The Bertz CT molecular complexity index is 4800. The maximum atomic E-state index is 2.67. The summed E-state index contributed by atoms with van der Waals surface area (Å²) in [5, 5.41) is 5.09. The van der Waals surface area contributed by atoms with Gasteiger partial charge in [0.1, 0.15) is 0 Å². The number of hydrogen-bond acceptors (Lipinski definition) is 2. The van der Waals surface area contributed by atoms with Gasteiger partial charge < -0.3 is 18.9 Å².